The molecule has 1 aliphatic rings. The summed E-state index contributed by atoms with van der Waals surface area (Å²) in [6, 6.07) is 3.27. The number of aromatic nitrogens is 1. The summed E-state index contributed by atoms with van der Waals surface area (Å²) in [6.07, 6.45) is 1.52. The fourth-order valence-corrected chi connectivity index (χ4v) is 1.67. The van der Waals surface area contributed by atoms with Crippen LogP contribution in [0.25, 0.3) is 0 Å². The van der Waals surface area contributed by atoms with Crippen LogP contribution in [0.1, 0.15) is 20.8 Å². The van der Waals surface area contributed by atoms with Crippen molar-refractivity contribution in [1.29, 1.82) is 0 Å². The molecule has 1 aromatic rings. The van der Waals surface area contributed by atoms with Crippen molar-refractivity contribution in [2.24, 2.45) is 0 Å². The number of allylic oxidation sites excluding steroid dienone is 2. The van der Waals surface area contributed by atoms with Crippen LogP contribution in [0.2, 0.25) is 0 Å². The molecular formula is C10H9BN2O2. The molecule has 15 heavy (non-hydrogen) atoms. The largest absolute Gasteiger partial charge is 0.385 e. The number of nitrogens with zero attached hydrogens (tertiary/aromatic N) is 1. The minimum absolute atomic E-state index is 0.169. The predicted molar refractivity (Wildman–Crippen MR) is 57.5 cm³/mol. The molecule has 0 bridgehead atoms. The summed E-state index contributed by atoms with van der Waals surface area (Å²) in [6.45, 7) is 0. The second kappa shape index (κ2) is 3.35. The average Bonchev–Trinajstić information content (AvgIpc) is 2.27. The topological polar surface area (TPSA) is 59.1 Å². The van der Waals surface area contributed by atoms with Crippen molar-refractivity contribution in [3.8, 4) is 0 Å². The van der Waals surface area contributed by atoms with E-state index in [4.69, 9.17) is 0 Å². The van der Waals surface area contributed by atoms with Gasteiger partial charge in [0, 0.05) is 13.2 Å². The molecule has 0 atom stereocenters. The fourth-order valence-electron chi connectivity index (χ4n) is 1.67. The van der Waals surface area contributed by atoms with Gasteiger partial charge in [-0.05, 0) is 17.6 Å². The fraction of sp³-hybridized carbons (Fsp3) is 0.100. The van der Waals surface area contributed by atoms with E-state index in [1.807, 2.05) is 0 Å². The van der Waals surface area contributed by atoms with Gasteiger partial charge in [-0.2, -0.15) is 0 Å². The number of ketones is 2. The molecule has 1 aliphatic carbocycles. The van der Waals surface area contributed by atoms with Gasteiger partial charge in [0.2, 0.25) is 11.6 Å². The number of Topliss-reactive ketones (excluding diaryl/α,β-unsaturated/α-hetero) is 2. The van der Waals surface area contributed by atoms with E-state index in [2.05, 4.69) is 10.3 Å². The summed E-state index contributed by atoms with van der Waals surface area (Å²) >= 11 is 0. The summed E-state index contributed by atoms with van der Waals surface area (Å²) in [5.74, 6) is -0.354. The summed E-state index contributed by atoms with van der Waals surface area (Å²) in [5, 5.41) is 2.76. The smallest absolute Gasteiger partial charge is 0.210 e. The van der Waals surface area contributed by atoms with E-state index in [0.717, 1.165) is 0 Å². The number of pyridine rings is 1. The first-order chi connectivity index (χ1) is 7.16. The Balaban J connectivity index is 2.68. The number of carbonyl (C=O) groups excluding carboxylic acids is 2. The number of fused-ring (bicyclic) bond motifs is 1. The zero-order chi connectivity index (χ0) is 11.0. The summed E-state index contributed by atoms with van der Waals surface area (Å²) in [4.78, 5) is 27.6. The maximum Gasteiger partial charge on any atom is 0.210 e. The SMILES string of the molecule is BC1=C(NC)C(=O)c2cccnc2C1=O. The van der Waals surface area contributed by atoms with Crippen molar-refractivity contribution >= 4 is 19.4 Å². The van der Waals surface area contributed by atoms with Gasteiger partial charge < -0.3 is 5.32 Å². The Morgan fingerprint density at radius 1 is 1.33 bits per heavy atom. The summed E-state index contributed by atoms with van der Waals surface area (Å²) in [7, 11) is 3.26. The molecule has 2 rings (SSSR count). The molecule has 0 fully saturated rings. The molecule has 0 saturated heterocycles. The molecule has 1 N–H and O–H groups in total. The monoisotopic (exact) mass is 200 g/mol. The number of carbonyl (C=O) groups is 2. The molecule has 0 spiro atoms. The van der Waals surface area contributed by atoms with Gasteiger partial charge in [0.25, 0.3) is 0 Å². The lowest BCUT2D eigenvalue weighted by Gasteiger charge is -2.17. The van der Waals surface area contributed by atoms with Gasteiger partial charge in [-0.3, -0.25) is 14.6 Å². The Kier molecular flexibility index (Phi) is 2.15. The van der Waals surface area contributed by atoms with Gasteiger partial charge in [-0.15, -0.1) is 0 Å². The highest BCUT2D eigenvalue weighted by atomic mass is 16.1. The van der Waals surface area contributed by atoms with Crippen molar-refractivity contribution in [3.63, 3.8) is 0 Å². The lowest BCUT2D eigenvalue weighted by atomic mass is 9.80. The molecule has 0 amide bonds. The first-order valence-electron chi connectivity index (χ1n) is 4.60. The highest BCUT2D eigenvalue weighted by molar-refractivity contribution is 6.45. The van der Waals surface area contributed by atoms with E-state index >= 15 is 0 Å². The lowest BCUT2D eigenvalue weighted by Crippen LogP contribution is -2.29. The number of nitrogens with one attached hydrogen (secondary N) is 1. The summed E-state index contributed by atoms with van der Waals surface area (Å²) in [5.41, 5.74) is 1.41. The normalized spacial score (nSPS) is 15.3. The van der Waals surface area contributed by atoms with Gasteiger partial charge in [-0.1, -0.05) is 0 Å². The Hall–Kier alpha value is -1.91. The van der Waals surface area contributed by atoms with Gasteiger partial charge in [-0.25, -0.2) is 0 Å². The third kappa shape index (κ3) is 1.27. The maximum absolute atomic E-state index is 11.9. The minimum atomic E-state index is -0.186. The maximum atomic E-state index is 11.9. The van der Waals surface area contributed by atoms with Crippen LogP contribution >= 0.6 is 0 Å². The average molecular weight is 200 g/mol. The van der Waals surface area contributed by atoms with E-state index < -0.39 is 0 Å². The van der Waals surface area contributed by atoms with Crippen molar-refractivity contribution in [3.05, 3.63) is 40.8 Å². The molecule has 0 aromatic carbocycles. The molecule has 0 unspecified atom stereocenters. The first kappa shape index (κ1) is 9.64. The van der Waals surface area contributed by atoms with Crippen molar-refractivity contribution in [2.75, 3.05) is 7.05 Å². The van der Waals surface area contributed by atoms with E-state index in [-0.39, 0.29) is 17.3 Å². The molecule has 0 radical (unpaired) electrons. The van der Waals surface area contributed by atoms with E-state index in [0.29, 0.717) is 16.7 Å². The van der Waals surface area contributed by atoms with Crippen molar-refractivity contribution in [1.82, 2.24) is 10.3 Å². The highest BCUT2D eigenvalue weighted by Gasteiger charge is 2.29. The third-order valence-electron chi connectivity index (χ3n) is 2.46. The van der Waals surface area contributed by atoms with E-state index in [9.17, 15) is 9.59 Å². The quantitative estimate of drug-likeness (QED) is 0.622. The van der Waals surface area contributed by atoms with Crippen LogP contribution in [0, 0.1) is 0 Å². The number of hydrogen-bond acceptors (Lipinski definition) is 4. The molecule has 1 heterocycles. The molecule has 0 aliphatic heterocycles. The van der Waals surface area contributed by atoms with Gasteiger partial charge in [0.05, 0.1) is 11.3 Å². The highest BCUT2D eigenvalue weighted by Crippen LogP contribution is 2.21. The molecule has 5 heteroatoms. The van der Waals surface area contributed by atoms with Crippen molar-refractivity contribution < 1.29 is 9.59 Å². The van der Waals surface area contributed by atoms with Crippen LogP contribution in [0.3, 0.4) is 0 Å². The number of rotatable bonds is 1. The second-order valence-corrected chi connectivity index (χ2v) is 3.31. The van der Waals surface area contributed by atoms with Crippen LogP contribution in [-0.4, -0.2) is 31.4 Å². The zero-order valence-electron chi connectivity index (χ0n) is 8.50. The summed E-state index contributed by atoms with van der Waals surface area (Å²) < 4.78 is 0. The minimum Gasteiger partial charge on any atom is -0.385 e. The Morgan fingerprint density at radius 2 is 2.07 bits per heavy atom. The van der Waals surface area contributed by atoms with Crippen LogP contribution < -0.4 is 5.32 Å². The van der Waals surface area contributed by atoms with Crippen LogP contribution in [0.4, 0.5) is 0 Å². The third-order valence-corrected chi connectivity index (χ3v) is 2.46. The Morgan fingerprint density at radius 3 is 2.73 bits per heavy atom. The molecule has 1 aromatic heterocycles. The zero-order valence-corrected chi connectivity index (χ0v) is 8.50. The van der Waals surface area contributed by atoms with Gasteiger partial charge in [0.15, 0.2) is 0 Å². The van der Waals surface area contributed by atoms with Crippen molar-refractivity contribution in [2.45, 2.75) is 0 Å². The number of hydrogen-bond donors (Lipinski definition) is 1. The standard InChI is InChI=1S/C10H9BN2O2/c1-12-8-6(11)10(15)7-5(9(8)14)3-2-4-13-7/h2-4,12H,11H2,1H3. The first-order valence-corrected chi connectivity index (χ1v) is 4.60. The molecule has 4 nitrogen and oxygen atoms in total. The van der Waals surface area contributed by atoms with Crippen LogP contribution in [0.5, 0.6) is 0 Å². The van der Waals surface area contributed by atoms with Gasteiger partial charge >= 0.3 is 0 Å². The van der Waals surface area contributed by atoms with Crippen LogP contribution in [0.15, 0.2) is 29.5 Å². The molecule has 0 saturated carbocycles. The second-order valence-electron chi connectivity index (χ2n) is 3.31. The molecule has 74 valence electrons. The number of likely N-dealkylation sites (N-methyl/N-ethyl adjacent to an activating group) is 1. The van der Waals surface area contributed by atoms with Gasteiger partial charge in [0.1, 0.15) is 13.5 Å². The Bertz CT molecular complexity index is 494. The molecular weight excluding hydrogens is 191 g/mol. The predicted octanol–water partition coefficient (Wildman–Crippen LogP) is -0.475. The van der Waals surface area contributed by atoms with E-state index in [1.54, 1.807) is 27.0 Å². The van der Waals surface area contributed by atoms with E-state index in [1.165, 1.54) is 6.20 Å². The lowest BCUT2D eigenvalue weighted by molar-refractivity contribution is 0.0972. The Labute approximate surface area is 87.8 Å². The van der Waals surface area contributed by atoms with Crippen LogP contribution in [-0.2, 0) is 0 Å².